The maximum atomic E-state index is 11.9. The van der Waals surface area contributed by atoms with Crippen LogP contribution in [-0.4, -0.2) is 23.1 Å². The number of aromatic nitrogens is 1. The van der Waals surface area contributed by atoms with Gasteiger partial charge in [-0.15, -0.1) is 0 Å². The number of nitrogens with one attached hydrogen (secondary N) is 1. The van der Waals surface area contributed by atoms with Crippen LogP contribution in [0.1, 0.15) is 10.5 Å². The lowest BCUT2D eigenvalue weighted by Crippen LogP contribution is -2.13. The first kappa shape index (κ1) is 13.4. The molecule has 2 aromatic rings. The molecule has 1 amide bonds. The Labute approximate surface area is 118 Å². The molecule has 0 aliphatic carbocycles. The summed E-state index contributed by atoms with van der Waals surface area (Å²) in [5.41, 5.74) is 0.756. The third-order valence-corrected chi connectivity index (χ3v) is 2.87. The van der Waals surface area contributed by atoms with Crippen molar-refractivity contribution in [1.29, 1.82) is 0 Å². The van der Waals surface area contributed by atoms with Crippen LogP contribution in [0.2, 0.25) is 0 Å². The Morgan fingerprint density at radius 1 is 1.37 bits per heavy atom. The number of halogens is 1. The molecule has 0 fully saturated rings. The fraction of sp³-hybridized carbons (Fsp3) is 0.0769. The largest absolute Gasteiger partial charge is 0.504 e. The molecule has 19 heavy (non-hydrogen) atoms. The standard InChI is InChI=1S/C13H11BrN2O3/c1-19-12-5-3-9(6-11(12)17)16-13(18)10-4-2-8(14)7-15-10/h2-7,17H,1H3,(H,16,18). The number of phenols is 1. The van der Waals surface area contributed by atoms with E-state index in [9.17, 15) is 9.90 Å². The van der Waals surface area contributed by atoms with Crippen LogP contribution < -0.4 is 10.1 Å². The van der Waals surface area contributed by atoms with Gasteiger partial charge in [0.05, 0.1) is 7.11 Å². The van der Waals surface area contributed by atoms with Crippen molar-refractivity contribution in [3.63, 3.8) is 0 Å². The summed E-state index contributed by atoms with van der Waals surface area (Å²) in [4.78, 5) is 15.9. The van der Waals surface area contributed by atoms with E-state index in [2.05, 4.69) is 26.2 Å². The Balaban J connectivity index is 2.14. The zero-order valence-electron chi connectivity index (χ0n) is 10.1. The third kappa shape index (κ3) is 3.23. The van der Waals surface area contributed by atoms with Crippen molar-refractivity contribution >= 4 is 27.5 Å². The number of hydrogen-bond acceptors (Lipinski definition) is 4. The van der Waals surface area contributed by atoms with Crippen LogP contribution in [0.3, 0.4) is 0 Å². The van der Waals surface area contributed by atoms with E-state index in [1.54, 1.807) is 30.5 Å². The summed E-state index contributed by atoms with van der Waals surface area (Å²) in [5.74, 6) is -0.0408. The average molecular weight is 323 g/mol. The molecule has 0 saturated heterocycles. The molecule has 1 aromatic carbocycles. The number of hydrogen-bond donors (Lipinski definition) is 2. The van der Waals surface area contributed by atoms with E-state index in [-0.39, 0.29) is 11.7 Å². The van der Waals surface area contributed by atoms with Gasteiger partial charge in [-0.2, -0.15) is 0 Å². The number of pyridine rings is 1. The van der Waals surface area contributed by atoms with E-state index in [0.29, 0.717) is 17.1 Å². The van der Waals surface area contributed by atoms with E-state index in [0.717, 1.165) is 4.47 Å². The molecular weight excluding hydrogens is 312 g/mol. The monoisotopic (exact) mass is 322 g/mol. The van der Waals surface area contributed by atoms with Gasteiger partial charge in [-0.25, -0.2) is 4.98 Å². The van der Waals surface area contributed by atoms with Gasteiger partial charge in [0.25, 0.3) is 5.91 Å². The van der Waals surface area contributed by atoms with Gasteiger partial charge in [-0.1, -0.05) is 0 Å². The van der Waals surface area contributed by atoms with Crippen LogP contribution in [0.15, 0.2) is 41.0 Å². The molecule has 98 valence electrons. The molecule has 1 heterocycles. The van der Waals surface area contributed by atoms with Gasteiger partial charge in [0.2, 0.25) is 0 Å². The van der Waals surface area contributed by atoms with Gasteiger partial charge >= 0.3 is 0 Å². The number of aromatic hydroxyl groups is 1. The van der Waals surface area contributed by atoms with Crippen LogP contribution in [-0.2, 0) is 0 Å². The molecule has 0 unspecified atom stereocenters. The lowest BCUT2D eigenvalue weighted by atomic mass is 10.2. The van der Waals surface area contributed by atoms with Gasteiger partial charge in [0.1, 0.15) is 5.69 Å². The molecule has 0 aliphatic heterocycles. The number of anilines is 1. The van der Waals surface area contributed by atoms with Crippen molar-refractivity contribution in [3.8, 4) is 11.5 Å². The predicted molar refractivity (Wildman–Crippen MR) is 74.5 cm³/mol. The Morgan fingerprint density at radius 2 is 2.16 bits per heavy atom. The van der Waals surface area contributed by atoms with Gasteiger partial charge in [-0.05, 0) is 40.2 Å². The van der Waals surface area contributed by atoms with E-state index in [4.69, 9.17) is 4.74 Å². The normalized spacial score (nSPS) is 10.0. The highest BCUT2D eigenvalue weighted by Gasteiger charge is 2.09. The second kappa shape index (κ2) is 5.71. The van der Waals surface area contributed by atoms with Crippen LogP contribution >= 0.6 is 15.9 Å². The zero-order chi connectivity index (χ0) is 13.8. The molecule has 0 radical (unpaired) electrons. The number of methoxy groups -OCH3 is 1. The van der Waals surface area contributed by atoms with Crippen molar-refractivity contribution in [1.82, 2.24) is 4.98 Å². The quantitative estimate of drug-likeness (QED) is 0.911. The number of rotatable bonds is 3. The van der Waals surface area contributed by atoms with Crippen molar-refractivity contribution in [2.75, 3.05) is 12.4 Å². The highest BCUT2D eigenvalue weighted by Crippen LogP contribution is 2.28. The number of carbonyl (C=O) groups is 1. The molecule has 5 nitrogen and oxygen atoms in total. The molecule has 1 aromatic heterocycles. The van der Waals surface area contributed by atoms with Gasteiger partial charge in [-0.3, -0.25) is 4.79 Å². The van der Waals surface area contributed by atoms with Gasteiger partial charge in [0.15, 0.2) is 11.5 Å². The minimum atomic E-state index is -0.350. The summed E-state index contributed by atoms with van der Waals surface area (Å²) in [7, 11) is 1.46. The fourth-order valence-corrected chi connectivity index (χ4v) is 1.71. The van der Waals surface area contributed by atoms with E-state index >= 15 is 0 Å². The topological polar surface area (TPSA) is 71.5 Å². The first-order valence-electron chi connectivity index (χ1n) is 5.40. The Kier molecular flexibility index (Phi) is 4.01. The van der Waals surface area contributed by atoms with E-state index in [1.165, 1.54) is 13.2 Å². The lowest BCUT2D eigenvalue weighted by molar-refractivity contribution is 0.102. The van der Waals surface area contributed by atoms with Crippen molar-refractivity contribution < 1.29 is 14.6 Å². The number of carbonyl (C=O) groups excluding carboxylic acids is 1. The number of nitrogens with zero attached hydrogens (tertiary/aromatic N) is 1. The molecule has 0 bridgehead atoms. The second-order valence-electron chi connectivity index (χ2n) is 3.70. The number of ether oxygens (including phenoxy) is 1. The maximum Gasteiger partial charge on any atom is 0.274 e. The van der Waals surface area contributed by atoms with E-state index in [1.807, 2.05) is 0 Å². The second-order valence-corrected chi connectivity index (χ2v) is 4.62. The minimum Gasteiger partial charge on any atom is -0.504 e. The smallest absolute Gasteiger partial charge is 0.274 e. The summed E-state index contributed by atoms with van der Waals surface area (Å²) in [6.45, 7) is 0. The summed E-state index contributed by atoms with van der Waals surface area (Å²) in [6, 6.07) is 7.95. The van der Waals surface area contributed by atoms with Crippen LogP contribution in [0, 0.1) is 0 Å². The molecular formula is C13H11BrN2O3. The van der Waals surface area contributed by atoms with Crippen LogP contribution in [0.5, 0.6) is 11.5 Å². The Hall–Kier alpha value is -2.08. The fourth-order valence-electron chi connectivity index (χ4n) is 1.47. The zero-order valence-corrected chi connectivity index (χ0v) is 11.6. The molecule has 0 atom stereocenters. The van der Waals surface area contributed by atoms with Crippen molar-refractivity contribution in [2.24, 2.45) is 0 Å². The number of benzene rings is 1. The lowest BCUT2D eigenvalue weighted by Gasteiger charge is -2.07. The first-order valence-corrected chi connectivity index (χ1v) is 6.19. The summed E-state index contributed by atoms with van der Waals surface area (Å²) >= 11 is 3.25. The summed E-state index contributed by atoms with van der Waals surface area (Å²) in [5, 5.41) is 12.3. The van der Waals surface area contributed by atoms with Crippen LogP contribution in [0.25, 0.3) is 0 Å². The SMILES string of the molecule is COc1ccc(NC(=O)c2ccc(Br)cn2)cc1O. The number of phenolic OH excluding ortho intramolecular Hbond substituents is 1. The number of amides is 1. The Morgan fingerprint density at radius 3 is 2.74 bits per heavy atom. The molecule has 2 N–H and O–H groups in total. The Bertz CT molecular complexity index is 599. The average Bonchev–Trinajstić information content (AvgIpc) is 2.39. The van der Waals surface area contributed by atoms with Crippen molar-refractivity contribution in [2.45, 2.75) is 0 Å². The molecule has 0 saturated carbocycles. The van der Waals surface area contributed by atoms with Crippen LogP contribution in [0.4, 0.5) is 5.69 Å². The maximum absolute atomic E-state index is 11.9. The van der Waals surface area contributed by atoms with Gasteiger partial charge in [0, 0.05) is 22.4 Å². The van der Waals surface area contributed by atoms with Gasteiger partial charge < -0.3 is 15.2 Å². The first-order chi connectivity index (χ1) is 9.10. The molecule has 6 heteroatoms. The predicted octanol–water partition coefficient (Wildman–Crippen LogP) is 2.81. The highest BCUT2D eigenvalue weighted by molar-refractivity contribution is 9.10. The molecule has 0 spiro atoms. The summed E-state index contributed by atoms with van der Waals surface area (Å²) in [6.07, 6.45) is 1.54. The van der Waals surface area contributed by atoms with E-state index < -0.39 is 0 Å². The highest BCUT2D eigenvalue weighted by atomic mass is 79.9. The minimum absolute atomic E-state index is 0.0379. The van der Waals surface area contributed by atoms with Crippen molar-refractivity contribution in [3.05, 3.63) is 46.7 Å². The molecule has 2 rings (SSSR count). The summed E-state index contributed by atoms with van der Waals surface area (Å²) < 4.78 is 5.72. The molecule has 0 aliphatic rings. The third-order valence-electron chi connectivity index (χ3n) is 2.40.